The average Bonchev–Trinajstić information content (AvgIpc) is 2.23. The molecule has 0 aliphatic carbocycles. The lowest BCUT2D eigenvalue weighted by Gasteiger charge is -2.57. The molecule has 0 aromatic rings. The maximum Gasteiger partial charge on any atom is 0.189 e. The second kappa shape index (κ2) is 4.14. The van der Waals surface area contributed by atoms with Gasteiger partial charge in [-0.15, -0.1) is 11.8 Å². The molecule has 2 fully saturated rings. The van der Waals surface area contributed by atoms with Crippen LogP contribution in [0.4, 0.5) is 0 Å². The maximum atomic E-state index is 6.18. The number of ether oxygens (including phenoxy) is 1. The van der Waals surface area contributed by atoms with Crippen molar-refractivity contribution in [2.45, 2.75) is 23.7 Å². The zero-order valence-corrected chi connectivity index (χ0v) is 11.0. The Balaban J connectivity index is 1.77. The zero-order chi connectivity index (χ0) is 11.3. The summed E-state index contributed by atoms with van der Waals surface area (Å²) in [4.78, 5) is 10.8. The number of fused-ring (bicyclic) bond motifs is 1. The van der Waals surface area contributed by atoms with Crippen LogP contribution >= 0.6 is 35.0 Å². The summed E-state index contributed by atoms with van der Waals surface area (Å²) in [5.74, 6) is 0. The van der Waals surface area contributed by atoms with E-state index in [1.807, 2.05) is 6.26 Å². The molecule has 2 atom stereocenters. The lowest BCUT2D eigenvalue weighted by atomic mass is 9.92. The van der Waals surface area contributed by atoms with Crippen molar-refractivity contribution in [2.24, 2.45) is 9.98 Å². The van der Waals surface area contributed by atoms with Crippen molar-refractivity contribution in [2.75, 3.05) is 19.4 Å². The molecule has 0 aromatic carbocycles. The van der Waals surface area contributed by atoms with E-state index in [-0.39, 0.29) is 11.5 Å². The highest BCUT2D eigenvalue weighted by Crippen LogP contribution is 2.35. The summed E-state index contributed by atoms with van der Waals surface area (Å²) < 4.78 is 5.35. The smallest absolute Gasteiger partial charge is 0.189 e. The fourth-order valence-corrected chi connectivity index (χ4v) is 3.41. The number of halogens is 2. The van der Waals surface area contributed by atoms with Crippen LogP contribution in [0.15, 0.2) is 9.98 Å². The topological polar surface area (TPSA) is 37.2 Å². The fraction of sp³-hybridized carbons (Fsp3) is 0.778. The van der Waals surface area contributed by atoms with Crippen LogP contribution in [0.5, 0.6) is 0 Å². The normalized spacial score (nSPS) is 42.7. The minimum atomic E-state index is -0.189. The van der Waals surface area contributed by atoms with E-state index in [1.165, 1.54) is 11.8 Å². The molecule has 0 bridgehead atoms. The van der Waals surface area contributed by atoms with Gasteiger partial charge in [0.25, 0.3) is 0 Å². The quantitative estimate of drug-likeness (QED) is 0.766. The van der Waals surface area contributed by atoms with Gasteiger partial charge in [-0.1, -0.05) is 23.2 Å². The van der Waals surface area contributed by atoms with Gasteiger partial charge in [0.2, 0.25) is 0 Å². The molecule has 3 rings (SSSR count). The number of morpholine rings is 1. The van der Waals surface area contributed by atoms with E-state index in [0.717, 1.165) is 13.2 Å². The van der Waals surface area contributed by atoms with Crippen molar-refractivity contribution in [3.8, 4) is 0 Å². The Hall–Kier alpha value is 0.190. The third-order valence-electron chi connectivity index (χ3n) is 3.19. The summed E-state index contributed by atoms with van der Waals surface area (Å²) in [6.45, 7) is 1.64. The molecule has 3 aliphatic rings. The van der Waals surface area contributed by atoms with Gasteiger partial charge in [-0.25, -0.2) is 9.98 Å². The second-order valence-electron chi connectivity index (χ2n) is 4.00. The Bertz CT molecular complexity index is 356. The third kappa shape index (κ3) is 1.61. The van der Waals surface area contributed by atoms with Crippen molar-refractivity contribution < 1.29 is 4.74 Å². The van der Waals surface area contributed by atoms with Gasteiger partial charge in [-0.2, -0.15) is 0 Å². The molecule has 0 amide bonds. The van der Waals surface area contributed by atoms with E-state index in [9.17, 15) is 0 Å². The van der Waals surface area contributed by atoms with Crippen molar-refractivity contribution in [1.82, 2.24) is 4.90 Å². The average molecular weight is 280 g/mol. The van der Waals surface area contributed by atoms with E-state index in [4.69, 9.17) is 27.9 Å². The molecule has 0 saturated carbocycles. The van der Waals surface area contributed by atoms with Gasteiger partial charge in [0.1, 0.15) is 16.4 Å². The molecule has 0 radical (unpaired) electrons. The molecule has 0 spiro atoms. The monoisotopic (exact) mass is 279 g/mol. The van der Waals surface area contributed by atoms with Gasteiger partial charge in [0.15, 0.2) is 5.50 Å². The van der Waals surface area contributed by atoms with Gasteiger partial charge < -0.3 is 4.74 Å². The minimum absolute atomic E-state index is 0.142. The number of likely N-dealkylation sites (tertiary alicyclic amines) is 1. The summed E-state index contributed by atoms with van der Waals surface area (Å²) in [6, 6.07) is 0.306. The molecule has 16 heavy (non-hydrogen) atoms. The van der Waals surface area contributed by atoms with E-state index in [2.05, 4.69) is 14.9 Å². The first-order valence-corrected chi connectivity index (χ1v) is 7.11. The lowest BCUT2D eigenvalue weighted by molar-refractivity contribution is -0.214. The Morgan fingerprint density at radius 1 is 1.38 bits per heavy atom. The summed E-state index contributed by atoms with van der Waals surface area (Å²) >= 11 is 13.9. The van der Waals surface area contributed by atoms with Crippen LogP contribution in [0.2, 0.25) is 0 Å². The Morgan fingerprint density at radius 2 is 2.06 bits per heavy atom. The molecular weight excluding hydrogens is 269 g/mol. The first-order valence-electron chi connectivity index (χ1n) is 5.07. The molecule has 0 N–H and O–H groups in total. The number of hydrogen-bond acceptors (Lipinski definition) is 5. The molecule has 3 aliphatic heterocycles. The molecule has 4 nitrogen and oxygen atoms in total. The first-order chi connectivity index (χ1) is 7.70. The standard InChI is InChI=1S/C9H11Cl2N3OS/c1-16-9-12-7(10)6(8(11)13-9)14-2-5-4(14)3-15-5/h4-6,9H,2-3H2,1H3/t4?,5-,6?,9?/m1/s1. The minimum Gasteiger partial charge on any atom is -0.373 e. The van der Waals surface area contributed by atoms with Crippen molar-refractivity contribution in [1.29, 1.82) is 0 Å². The highest BCUT2D eigenvalue weighted by atomic mass is 35.5. The lowest BCUT2D eigenvalue weighted by Crippen LogP contribution is -2.74. The Morgan fingerprint density at radius 3 is 2.44 bits per heavy atom. The molecule has 7 heteroatoms. The molecule has 3 heterocycles. The molecular formula is C9H11Cl2N3OS. The summed E-state index contributed by atoms with van der Waals surface area (Å²) in [7, 11) is 0. The van der Waals surface area contributed by atoms with Crippen molar-refractivity contribution in [3.63, 3.8) is 0 Å². The van der Waals surface area contributed by atoms with E-state index in [0.29, 0.717) is 22.5 Å². The second-order valence-corrected chi connectivity index (χ2v) is 5.67. The van der Waals surface area contributed by atoms with Crippen LogP contribution in [-0.2, 0) is 4.74 Å². The number of rotatable bonds is 2. The van der Waals surface area contributed by atoms with Crippen LogP contribution in [0.1, 0.15) is 0 Å². The molecule has 0 aromatic heterocycles. The fourth-order valence-electron chi connectivity index (χ4n) is 2.16. The predicted octanol–water partition coefficient (Wildman–Crippen LogP) is 1.37. The van der Waals surface area contributed by atoms with Crippen molar-refractivity contribution in [3.05, 3.63) is 0 Å². The van der Waals surface area contributed by atoms with E-state index < -0.39 is 0 Å². The summed E-state index contributed by atoms with van der Waals surface area (Å²) in [5.41, 5.74) is -0.189. The molecule has 2 saturated heterocycles. The number of nitrogens with zero attached hydrogens (tertiary/aromatic N) is 3. The Labute approximate surface area is 108 Å². The highest BCUT2D eigenvalue weighted by Gasteiger charge is 2.52. The van der Waals surface area contributed by atoms with Gasteiger partial charge in [-0.3, -0.25) is 4.90 Å². The SMILES string of the molecule is CSC1N=C(Cl)C(N2C[C@H]3OCC32)C(Cl)=N1. The van der Waals surface area contributed by atoms with Crippen LogP contribution in [0.3, 0.4) is 0 Å². The number of hydrogen-bond donors (Lipinski definition) is 0. The van der Waals surface area contributed by atoms with Crippen LogP contribution in [-0.4, -0.2) is 58.3 Å². The largest absolute Gasteiger partial charge is 0.373 e. The first kappa shape index (κ1) is 11.3. The summed E-state index contributed by atoms with van der Waals surface area (Å²) in [6.07, 6.45) is 2.30. The zero-order valence-electron chi connectivity index (χ0n) is 8.64. The van der Waals surface area contributed by atoms with Gasteiger partial charge >= 0.3 is 0 Å². The number of aliphatic imine (C=N–C) groups is 2. The Kier molecular flexibility index (Phi) is 2.92. The third-order valence-corrected chi connectivity index (χ3v) is 4.43. The van der Waals surface area contributed by atoms with Crippen molar-refractivity contribution >= 4 is 45.3 Å². The maximum absolute atomic E-state index is 6.18. The predicted molar refractivity (Wildman–Crippen MR) is 67.9 cm³/mol. The van der Waals surface area contributed by atoms with E-state index >= 15 is 0 Å². The number of thioether (sulfide) groups is 1. The van der Waals surface area contributed by atoms with Gasteiger partial charge in [0.05, 0.1) is 18.8 Å². The summed E-state index contributed by atoms with van der Waals surface area (Å²) in [5, 5.41) is 1.09. The molecule has 88 valence electrons. The van der Waals surface area contributed by atoms with Crippen LogP contribution in [0, 0.1) is 0 Å². The van der Waals surface area contributed by atoms with Crippen LogP contribution in [0.25, 0.3) is 0 Å². The van der Waals surface area contributed by atoms with Crippen LogP contribution < -0.4 is 0 Å². The highest BCUT2D eigenvalue weighted by molar-refractivity contribution is 7.99. The molecule has 1 unspecified atom stereocenters. The van der Waals surface area contributed by atoms with E-state index in [1.54, 1.807) is 0 Å². The van der Waals surface area contributed by atoms with Gasteiger partial charge in [-0.05, 0) is 6.26 Å². The van der Waals surface area contributed by atoms with Gasteiger partial charge in [0, 0.05) is 6.54 Å².